The predicted octanol–water partition coefficient (Wildman–Crippen LogP) is 2.76. The van der Waals surface area contributed by atoms with Crippen LogP contribution in [0.3, 0.4) is 0 Å². The van der Waals surface area contributed by atoms with E-state index in [-0.39, 0.29) is 0 Å². The summed E-state index contributed by atoms with van der Waals surface area (Å²) in [6.07, 6.45) is 14.7. The molecule has 0 aromatic rings. The maximum Gasteiger partial charge on any atom is 0.127 e. The molecule has 0 unspecified atom stereocenters. The molecule has 0 atom stereocenters. The predicted molar refractivity (Wildman–Crippen MR) is 59.4 cm³/mol. The van der Waals surface area contributed by atoms with Gasteiger partial charge < -0.3 is 4.74 Å². The van der Waals surface area contributed by atoms with Crippen molar-refractivity contribution in [2.75, 3.05) is 6.61 Å². The lowest BCUT2D eigenvalue weighted by Crippen LogP contribution is -1.77. The van der Waals surface area contributed by atoms with Gasteiger partial charge in [0.25, 0.3) is 0 Å². The normalized spacial score (nSPS) is 17.3. The molecule has 1 heteroatoms. The van der Waals surface area contributed by atoms with Crippen LogP contribution in [0.2, 0.25) is 0 Å². The zero-order chi connectivity index (χ0) is 10.1. The number of hydrogen-bond acceptors (Lipinski definition) is 1. The van der Waals surface area contributed by atoms with Gasteiger partial charge in [-0.05, 0) is 18.2 Å². The van der Waals surface area contributed by atoms with Crippen LogP contribution in [0, 0.1) is 11.8 Å². The summed E-state index contributed by atoms with van der Waals surface area (Å²) in [5.74, 6) is 6.56. The minimum absolute atomic E-state index is 0.658. The minimum Gasteiger partial charge on any atom is -0.489 e. The highest BCUT2D eigenvalue weighted by atomic mass is 16.5. The van der Waals surface area contributed by atoms with Crippen molar-refractivity contribution in [3.63, 3.8) is 0 Å². The van der Waals surface area contributed by atoms with Crippen molar-refractivity contribution in [3.05, 3.63) is 60.9 Å². The molecule has 1 aliphatic heterocycles. The van der Waals surface area contributed by atoms with E-state index >= 15 is 0 Å². The molecule has 0 aromatic heterocycles. The number of allylic oxidation sites excluding steroid dienone is 7. The van der Waals surface area contributed by atoms with Crippen LogP contribution >= 0.6 is 0 Å². The maximum atomic E-state index is 5.19. The van der Waals surface area contributed by atoms with E-state index in [2.05, 4.69) is 18.4 Å². The molecule has 0 bridgehead atoms. The average molecular weight is 184 g/mol. The highest BCUT2D eigenvalue weighted by Gasteiger charge is 1.95. The molecular formula is C13H12O. The van der Waals surface area contributed by atoms with Crippen LogP contribution in [0.4, 0.5) is 0 Å². The van der Waals surface area contributed by atoms with Gasteiger partial charge in [-0.15, -0.1) is 0 Å². The molecule has 14 heavy (non-hydrogen) atoms. The molecule has 0 amide bonds. The van der Waals surface area contributed by atoms with E-state index in [0.717, 1.165) is 5.76 Å². The number of hydrogen-bond donors (Lipinski definition) is 0. The van der Waals surface area contributed by atoms with Crippen molar-refractivity contribution in [1.82, 2.24) is 0 Å². The van der Waals surface area contributed by atoms with E-state index < -0.39 is 0 Å². The second kappa shape index (κ2) is 6.56. The number of ether oxygens (including phenoxy) is 1. The van der Waals surface area contributed by atoms with Gasteiger partial charge >= 0.3 is 0 Å². The number of rotatable bonds is 2. The molecule has 0 saturated heterocycles. The fourth-order valence-electron chi connectivity index (χ4n) is 0.854. The summed E-state index contributed by atoms with van der Waals surface area (Å²) in [5, 5.41) is 0. The fraction of sp³-hybridized carbons (Fsp3) is 0.0769. The van der Waals surface area contributed by atoms with Crippen LogP contribution in [-0.2, 0) is 4.74 Å². The SMILES string of the molecule is C=C/C=C/C=C/C#C/C=C1\C=CCO1. The third kappa shape index (κ3) is 4.18. The Hall–Kier alpha value is -1.94. The summed E-state index contributed by atoms with van der Waals surface area (Å²) in [6.45, 7) is 4.21. The van der Waals surface area contributed by atoms with E-state index in [1.165, 1.54) is 0 Å². The summed E-state index contributed by atoms with van der Waals surface area (Å²) < 4.78 is 5.19. The monoisotopic (exact) mass is 184 g/mol. The lowest BCUT2D eigenvalue weighted by Gasteiger charge is -1.91. The van der Waals surface area contributed by atoms with Gasteiger partial charge in [-0.25, -0.2) is 0 Å². The molecule has 0 radical (unpaired) electrons. The van der Waals surface area contributed by atoms with Gasteiger partial charge in [-0.3, -0.25) is 0 Å². The minimum atomic E-state index is 0.658. The van der Waals surface area contributed by atoms with Crippen molar-refractivity contribution in [3.8, 4) is 11.8 Å². The van der Waals surface area contributed by atoms with Gasteiger partial charge in [0.1, 0.15) is 12.4 Å². The first-order valence-electron chi connectivity index (χ1n) is 4.38. The molecule has 0 N–H and O–H groups in total. The maximum absolute atomic E-state index is 5.19. The standard InChI is InChI=1S/C13H12O/c1-2-3-4-5-6-7-8-10-13-11-9-12-14-13/h2-6,9-11H,1,12H2/b4-3+,6-5+,13-10+. The molecule has 1 rings (SSSR count). The van der Waals surface area contributed by atoms with Crippen molar-refractivity contribution in [1.29, 1.82) is 0 Å². The quantitative estimate of drug-likeness (QED) is 0.473. The Kier molecular flexibility index (Phi) is 4.75. The largest absolute Gasteiger partial charge is 0.489 e. The summed E-state index contributed by atoms with van der Waals surface area (Å²) >= 11 is 0. The Morgan fingerprint density at radius 3 is 2.93 bits per heavy atom. The Morgan fingerprint density at radius 1 is 1.29 bits per heavy atom. The van der Waals surface area contributed by atoms with Crippen LogP contribution in [0.25, 0.3) is 0 Å². The highest BCUT2D eigenvalue weighted by molar-refractivity contribution is 5.31. The second-order valence-electron chi connectivity index (χ2n) is 2.53. The molecule has 0 spiro atoms. The first kappa shape index (κ1) is 10.1. The van der Waals surface area contributed by atoms with Gasteiger partial charge in [-0.2, -0.15) is 0 Å². The fourth-order valence-corrected chi connectivity index (χ4v) is 0.854. The van der Waals surface area contributed by atoms with E-state index in [1.54, 1.807) is 18.2 Å². The summed E-state index contributed by atoms with van der Waals surface area (Å²) in [7, 11) is 0. The average Bonchev–Trinajstić information content (AvgIpc) is 2.69. The first-order valence-corrected chi connectivity index (χ1v) is 4.38. The molecule has 1 nitrogen and oxygen atoms in total. The smallest absolute Gasteiger partial charge is 0.127 e. The zero-order valence-electron chi connectivity index (χ0n) is 7.94. The third-order valence-corrected chi connectivity index (χ3v) is 1.46. The van der Waals surface area contributed by atoms with Crippen LogP contribution < -0.4 is 0 Å². The molecule has 0 fully saturated rings. The summed E-state index contributed by atoms with van der Waals surface area (Å²) in [4.78, 5) is 0. The Morgan fingerprint density at radius 2 is 2.21 bits per heavy atom. The van der Waals surface area contributed by atoms with Crippen molar-refractivity contribution < 1.29 is 4.74 Å². The molecule has 0 aromatic carbocycles. The van der Waals surface area contributed by atoms with Gasteiger partial charge in [0.2, 0.25) is 0 Å². The molecule has 0 aliphatic carbocycles. The molecule has 70 valence electrons. The van der Waals surface area contributed by atoms with Gasteiger partial charge in [0.05, 0.1) is 0 Å². The zero-order valence-corrected chi connectivity index (χ0v) is 7.94. The Labute approximate surface area is 84.8 Å². The van der Waals surface area contributed by atoms with E-state index in [1.807, 2.05) is 30.4 Å². The van der Waals surface area contributed by atoms with E-state index in [9.17, 15) is 0 Å². The molecule has 1 aliphatic rings. The van der Waals surface area contributed by atoms with Crippen LogP contribution in [0.5, 0.6) is 0 Å². The van der Waals surface area contributed by atoms with Crippen molar-refractivity contribution in [2.24, 2.45) is 0 Å². The van der Waals surface area contributed by atoms with E-state index in [0.29, 0.717) is 6.61 Å². The lowest BCUT2D eigenvalue weighted by atomic mass is 10.4. The highest BCUT2D eigenvalue weighted by Crippen LogP contribution is 2.05. The molecule has 1 heterocycles. The van der Waals surface area contributed by atoms with Crippen LogP contribution in [0.15, 0.2) is 60.9 Å². The van der Waals surface area contributed by atoms with Crippen molar-refractivity contribution in [2.45, 2.75) is 0 Å². The van der Waals surface area contributed by atoms with Crippen LogP contribution in [-0.4, -0.2) is 6.61 Å². The van der Waals surface area contributed by atoms with Gasteiger partial charge in [0, 0.05) is 6.08 Å². The summed E-state index contributed by atoms with van der Waals surface area (Å²) in [5.41, 5.74) is 0. The molecule has 0 saturated carbocycles. The first-order chi connectivity index (χ1) is 6.93. The topological polar surface area (TPSA) is 9.23 Å². The Balaban J connectivity index is 2.36. The second-order valence-corrected chi connectivity index (χ2v) is 2.53. The third-order valence-electron chi connectivity index (χ3n) is 1.46. The Bertz CT molecular complexity index is 356. The van der Waals surface area contributed by atoms with Crippen molar-refractivity contribution >= 4 is 0 Å². The lowest BCUT2D eigenvalue weighted by molar-refractivity contribution is 0.279. The van der Waals surface area contributed by atoms with Crippen LogP contribution in [0.1, 0.15) is 0 Å². The summed E-state index contributed by atoms with van der Waals surface area (Å²) in [6, 6.07) is 0. The molecular weight excluding hydrogens is 172 g/mol. The van der Waals surface area contributed by atoms with E-state index in [4.69, 9.17) is 4.74 Å². The van der Waals surface area contributed by atoms with Gasteiger partial charge in [0.15, 0.2) is 0 Å². The van der Waals surface area contributed by atoms with Gasteiger partial charge in [-0.1, -0.05) is 42.7 Å².